The van der Waals surface area contributed by atoms with Crippen LogP contribution in [-0.2, 0) is 4.74 Å². The molecule has 0 radical (unpaired) electrons. The molecule has 3 heterocycles. The molecule has 1 aliphatic rings. The fraction of sp³-hybridized carbons (Fsp3) is 0.500. The minimum Gasteiger partial charge on any atom is -0.355 e. The summed E-state index contributed by atoms with van der Waals surface area (Å²) in [6, 6.07) is 0. The zero-order valence-electron chi connectivity index (χ0n) is 8.80. The number of hydrogen-bond donors (Lipinski definition) is 0. The Morgan fingerprint density at radius 2 is 2.25 bits per heavy atom. The molecule has 0 saturated carbocycles. The average molecular weight is 239 g/mol. The molecule has 84 valence electrons. The SMILES string of the molecule is CC1CCC(n2cnc3c(Cl)ncnc32)O1. The van der Waals surface area contributed by atoms with Gasteiger partial charge < -0.3 is 4.74 Å². The summed E-state index contributed by atoms with van der Waals surface area (Å²) in [7, 11) is 0. The summed E-state index contributed by atoms with van der Waals surface area (Å²) in [4.78, 5) is 12.3. The number of ether oxygens (including phenoxy) is 1. The zero-order chi connectivity index (χ0) is 11.1. The number of nitrogens with zero attached hydrogens (tertiary/aromatic N) is 4. The molecule has 0 N–H and O–H groups in total. The first kappa shape index (κ1) is 9.99. The van der Waals surface area contributed by atoms with Crippen molar-refractivity contribution in [3.05, 3.63) is 17.8 Å². The van der Waals surface area contributed by atoms with Crippen LogP contribution in [0.4, 0.5) is 0 Å². The molecule has 0 bridgehead atoms. The molecule has 3 rings (SSSR count). The number of rotatable bonds is 1. The van der Waals surface area contributed by atoms with Gasteiger partial charge in [0.25, 0.3) is 0 Å². The number of halogens is 1. The monoisotopic (exact) mass is 238 g/mol. The summed E-state index contributed by atoms with van der Waals surface area (Å²) in [6.45, 7) is 2.07. The second-order valence-corrected chi connectivity index (χ2v) is 4.33. The first-order chi connectivity index (χ1) is 7.75. The summed E-state index contributed by atoms with van der Waals surface area (Å²) in [5.41, 5.74) is 1.37. The van der Waals surface area contributed by atoms with Crippen molar-refractivity contribution in [3.8, 4) is 0 Å². The molecular formula is C10H11ClN4O. The molecule has 0 amide bonds. The highest BCUT2D eigenvalue weighted by atomic mass is 35.5. The van der Waals surface area contributed by atoms with E-state index in [9.17, 15) is 0 Å². The van der Waals surface area contributed by atoms with Crippen molar-refractivity contribution in [2.24, 2.45) is 0 Å². The van der Waals surface area contributed by atoms with Crippen molar-refractivity contribution < 1.29 is 4.74 Å². The van der Waals surface area contributed by atoms with Crippen LogP contribution < -0.4 is 0 Å². The van der Waals surface area contributed by atoms with Gasteiger partial charge in [-0.05, 0) is 19.8 Å². The maximum atomic E-state index is 5.94. The van der Waals surface area contributed by atoms with Crippen molar-refractivity contribution in [2.45, 2.75) is 32.1 Å². The Morgan fingerprint density at radius 1 is 1.38 bits per heavy atom. The Morgan fingerprint density at radius 3 is 3.00 bits per heavy atom. The Kier molecular flexibility index (Phi) is 2.29. The van der Waals surface area contributed by atoms with Gasteiger partial charge in [-0.25, -0.2) is 15.0 Å². The maximum Gasteiger partial charge on any atom is 0.166 e. The lowest BCUT2D eigenvalue weighted by Gasteiger charge is -2.12. The second-order valence-electron chi connectivity index (χ2n) is 3.97. The summed E-state index contributed by atoms with van der Waals surface area (Å²) >= 11 is 5.94. The van der Waals surface area contributed by atoms with E-state index in [-0.39, 0.29) is 6.23 Å². The molecule has 2 atom stereocenters. The highest BCUT2D eigenvalue weighted by molar-refractivity contribution is 6.33. The van der Waals surface area contributed by atoms with Crippen LogP contribution in [0.15, 0.2) is 12.7 Å². The maximum absolute atomic E-state index is 5.94. The molecule has 1 saturated heterocycles. The van der Waals surface area contributed by atoms with E-state index < -0.39 is 0 Å². The van der Waals surface area contributed by atoms with E-state index in [0.29, 0.717) is 16.8 Å². The third-order valence-electron chi connectivity index (χ3n) is 2.83. The van der Waals surface area contributed by atoms with Gasteiger partial charge in [0, 0.05) is 0 Å². The molecule has 2 unspecified atom stereocenters. The lowest BCUT2D eigenvalue weighted by atomic mass is 10.2. The topological polar surface area (TPSA) is 52.8 Å². The predicted octanol–water partition coefficient (Wildman–Crippen LogP) is 2.18. The summed E-state index contributed by atoms with van der Waals surface area (Å²) in [6.07, 6.45) is 5.51. The van der Waals surface area contributed by atoms with E-state index >= 15 is 0 Å². The summed E-state index contributed by atoms with van der Waals surface area (Å²) in [5.74, 6) is 0. The third-order valence-corrected chi connectivity index (χ3v) is 3.11. The fourth-order valence-corrected chi connectivity index (χ4v) is 2.20. The van der Waals surface area contributed by atoms with Crippen LogP contribution >= 0.6 is 11.6 Å². The van der Waals surface area contributed by atoms with Crippen LogP contribution in [0.2, 0.25) is 5.15 Å². The van der Waals surface area contributed by atoms with Gasteiger partial charge in [-0.1, -0.05) is 11.6 Å². The number of aromatic nitrogens is 4. The standard InChI is InChI=1S/C10H11ClN4O/c1-6-2-3-7(16-6)15-5-14-8-9(11)12-4-13-10(8)15/h4-7H,2-3H2,1H3. The van der Waals surface area contributed by atoms with Crippen LogP contribution in [0, 0.1) is 0 Å². The Balaban J connectivity index is 2.08. The highest BCUT2D eigenvalue weighted by Crippen LogP contribution is 2.30. The molecule has 2 aromatic rings. The van der Waals surface area contributed by atoms with E-state index in [1.54, 1.807) is 6.33 Å². The first-order valence-corrected chi connectivity index (χ1v) is 5.62. The van der Waals surface area contributed by atoms with Crippen LogP contribution in [0.25, 0.3) is 11.2 Å². The van der Waals surface area contributed by atoms with Gasteiger partial charge in [-0.2, -0.15) is 0 Å². The lowest BCUT2D eigenvalue weighted by Crippen LogP contribution is -2.08. The minimum atomic E-state index is 0.0194. The Bertz CT molecular complexity index is 527. The van der Waals surface area contributed by atoms with Crippen LogP contribution in [0.3, 0.4) is 0 Å². The smallest absolute Gasteiger partial charge is 0.166 e. The van der Waals surface area contributed by atoms with Crippen LogP contribution in [0.1, 0.15) is 26.0 Å². The van der Waals surface area contributed by atoms with E-state index in [2.05, 4.69) is 21.9 Å². The molecule has 0 aromatic carbocycles. The first-order valence-electron chi connectivity index (χ1n) is 5.24. The Labute approximate surface area is 97.4 Å². The molecule has 1 aliphatic heterocycles. The minimum absolute atomic E-state index is 0.0194. The average Bonchev–Trinajstić information content (AvgIpc) is 2.84. The van der Waals surface area contributed by atoms with Gasteiger partial charge in [0.2, 0.25) is 0 Å². The highest BCUT2D eigenvalue weighted by Gasteiger charge is 2.25. The van der Waals surface area contributed by atoms with E-state index in [1.165, 1.54) is 6.33 Å². The quantitative estimate of drug-likeness (QED) is 0.715. The van der Waals surface area contributed by atoms with Crippen LogP contribution in [-0.4, -0.2) is 25.6 Å². The van der Waals surface area contributed by atoms with Crippen molar-refractivity contribution in [1.82, 2.24) is 19.5 Å². The molecule has 6 heteroatoms. The number of imidazole rings is 1. The second kappa shape index (κ2) is 3.68. The van der Waals surface area contributed by atoms with Gasteiger partial charge >= 0.3 is 0 Å². The van der Waals surface area contributed by atoms with Gasteiger partial charge in [0.15, 0.2) is 10.8 Å². The molecule has 1 fully saturated rings. The number of fused-ring (bicyclic) bond motifs is 1. The third kappa shape index (κ3) is 1.47. The molecule has 0 spiro atoms. The van der Waals surface area contributed by atoms with Gasteiger partial charge in [0.05, 0.1) is 12.4 Å². The van der Waals surface area contributed by atoms with Crippen molar-refractivity contribution in [2.75, 3.05) is 0 Å². The van der Waals surface area contributed by atoms with Crippen molar-refractivity contribution in [3.63, 3.8) is 0 Å². The van der Waals surface area contributed by atoms with Gasteiger partial charge in [-0.3, -0.25) is 4.57 Å². The van der Waals surface area contributed by atoms with Gasteiger partial charge in [0.1, 0.15) is 18.1 Å². The predicted molar refractivity (Wildman–Crippen MR) is 59.2 cm³/mol. The van der Waals surface area contributed by atoms with E-state index in [1.807, 2.05) is 4.57 Å². The fourth-order valence-electron chi connectivity index (χ4n) is 2.02. The zero-order valence-corrected chi connectivity index (χ0v) is 9.55. The normalized spacial score (nSPS) is 25.4. The largest absolute Gasteiger partial charge is 0.355 e. The molecule has 16 heavy (non-hydrogen) atoms. The molecule has 5 nitrogen and oxygen atoms in total. The van der Waals surface area contributed by atoms with Gasteiger partial charge in [-0.15, -0.1) is 0 Å². The summed E-state index contributed by atoms with van der Waals surface area (Å²) < 4.78 is 7.70. The van der Waals surface area contributed by atoms with Crippen LogP contribution in [0.5, 0.6) is 0 Å². The molecule has 2 aromatic heterocycles. The lowest BCUT2D eigenvalue weighted by molar-refractivity contribution is 0.0131. The summed E-state index contributed by atoms with van der Waals surface area (Å²) in [5, 5.41) is 0.384. The molecular weight excluding hydrogens is 228 g/mol. The van der Waals surface area contributed by atoms with Crippen molar-refractivity contribution in [1.29, 1.82) is 0 Å². The van der Waals surface area contributed by atoms with E-state index in [4.69, 9.17) is 16.3 Å². The number of hydrogen-bond acceptors (Lipinski definition) is 4. The molecule has 0 aliphatic carbocycles. The van der Waals surface area contributed by atoms with E-state index in [0.717, 1.165) is 18.5 Å². The van der Waals surface area contributed by atoms with Crippen molar-refractivity contribution >= 4 is 22.8 Å². The Hall–Kier alpha value is -1.20.